The highest BCUT2D eigenvalue weighted by molar-refractivity contribution is 5.92. The first kappa shape index (κ1) is 23.5. The van der Waals surface area contributed by atoms with Crippen molar-refractivity contribution in [2.75, 3.05) is 20.1 Å². The molecule has 3 aromatic rings. The molecule has 6 heteroatoms. The number of benzene rings is 2. The SMILES string of the molecule is Cc1nn(-c2ccccc2)c(C)c1CN(C)C(=O)C1CCN(C(=O)/C=C/c2ccccc2)CC1. The molecule has 4 rings (SSSR count). The second kappa shape index (κ2) is 10.5. The minimum absolute atomic E-state index is 0.00248. The van der Waals surface area contributed by atoms with E-state index in [0.717, 1.165) is 28.2 Å². The number of aromatic nitrogens is 2. The summed E-state index contributed by atoms with van der Waals surface area (Å²) in [5.74, 6) is 0.0813. The molecule has 1 fully saturated rings. The Balaban J connectivity index is 1.33. The lowest BCUT2D eigenvalue weighted by molar-refractivity contribution is -0.138. The third-order valence-electron chi connectivity index (χ3n) is 6.59. The van der Waals surface area contributed by atoms with Gasteiger partial charge in [0.1, 0.15) is 0 Å². The van der Waals surface area contributed by atoms with Crippen LogP contribution in [0.3, 0.4) is 0 Å². The number of amides is 2. The fourth-order valence-corrected chi connectivity index (χ4v) is 4.54. The van der Waals surface area contributed by atoms with Gasteiger partial charge in [-0.1, -0.05) is 48.5 Å². The third kappa shape index (κ3) is 5.28. The van der Waals surface area contributed by atoms with E-state index < -0.39 is 0 Å². The molecule has 34 heavy (non-hydrogen) atoms. The second-order valence-corrected chi connectivity index (χ2v) is 8.93. The highest BCUT2D eigenvalue weighted by Gasteiger charge is 2.29. The third-order valence-corrected chi connectivity index (χ3v) is 6.59. The first-order valence-electron chi connectivity index (χ1n) is 11.8. The molecule has 0 spiro atoms. The number of likely N-dealkylation sites (tertiary alicyclic amines) is 1. The van der Waals surface area contributed by atoms with E-state index in [-0.39, 0.29) is 17.7 Å². The maximum atomic E-state index is 13.2. The number of nitrogens with zero attached hydrogens (tertiary/aromatic N) is 4. The summed E-state index contributed by atoms with van der Waals surface area (Å²) < 4.78 is 1.94. The largest absolute Gasteiger partial charge is 0.341 e. The predicted molar refractivity (Wildman–Crippen MR) is 134 cm³/mol. The Hall–Kier alpha value is -3.67. The van der Waals surface area contributed by atoms with Crippen LogP contribution in [0.2, 0.25) is 0 Å². The molecule has 2 aromatic carbocycles. The van der Waals surface area contributed by atoms with E-state index in [0.29, 0.717) is 32.5 Å². The van der Waals surface area contributed by atoms with Gasteiger partial charge in [-0.25, -0.2) is 4.68 Å². The van der Waals surface area contributed by atoms with E-state index >= 15 is 0 Å². The van der Waals surface area contributed by atoms with Crippen LogP contribution in [0.4, 0.5) is 0 Å². The zero-order chi connectivity index (χ0) is 24.1. The van der Waals surface area contributed by atoms with Gasteiger partial charge in [0.25, 0.3) is 0 Å². The molecular weight excluding hydrogens is 424 g/mol. The number of hydrogen-bond acceptors (Lipinski definition) is 3. The molecule has 1 aliphatic rings. The molecule has 6 nitrogen and oxygen atoms in total. The highest BCUT2D eigenvalue weighted by atomic mass is 16.2. The van der Waals surface area contributed by atoms with Crippen molar-refractivity contribution in [3.05, 3.63) is 89.3 Å². The van der Waals surface area contributed by atoms with Crippen LogP contribution in [-0.2, 0) is 16.1 Å². The zero-order valence-corrected chi connectivity index (χ0v) is 20.1. The van der Waals surface area contributed by atoms with E-state index in [2.05, 4.69) is 0 Å². The monoisotopic (exact) mass is 456 g/mol. The van der Waals surface area contributed by atoms with Gasteiger partial charge in [0.15, 0.2) is 0 Å². The summed E-state index contributed by atoms with van der Waals surface area (Å²) in [4.78, 5) is 29.4. The van der Waals surface area contributed by atoms with Gasteiger partial charge in [-0.15, -0.1) is 0 Å². The molecule has 2 amide bonds. The molecule has 1 aromatic heterocycles. The molecule has 0 radical (unpaired) electrons. The Kier molecular flexibility index (Phi) is 7.26. The molecule has 0 unspecified atom stereocenters. The van der Waals surface area contributed by atoms with E-state index in [9.17, 15) is 9.59 Å². The number of aryl methyl sites for hydroxylation is 1. The summed E-state index contributed by atoms with van der Waals surface area (Å²) in [6.07, 6.45) is 4.85. The van der Waals surface area contributed by atoms with E-state index in [4.69, 9.17) is 5.10 Å². The number of rotatable bonds is 6. The van der Waals surface area contributed by atoms with Gasteiger partial charge in [0.05, 0.1) is 11.4 Å². The molecule has 1 aliphatic heterocycles. The Morgan fingerprint density at radius 2 is 1.62 bits per heavy atom. The van der Waals surface area contributed by atoms with Crippen molar-refractivity contribution in [1.82, 2.24) is 19.6 Å². The van der Waals surface area contributed by atoms with Crippen molar-refractivity contribution < 1.29 is 9.59 Å². The summed E-state index contributed by atoms with van der Waals surface area (Å²) in [5, 5.41) is 4.70. The van der Waals surface area contributed by atoms with Crippen molar-refractivity contribution in [2.45, 2.75) is 33.2 Å². The Morgan fingerprint density at radius 3 is 2.26 bits per heavy atom. The minimum atomic E-state index is -0.0584. The smallest absolute Gasteiger partial charge is 0.246 e. The second-order valence-electron chi connectivity index (χ2n) is 8.93. The van der Waals surface area contributed by atoms with Crippen LogP contribution in [-0.4, -0.2) is 51.5 Å². The summed E-state index contributed by atoms with van der Waals surface area (Å²) in [6, 6.07) is 19.8. The standard InChI is InChI=1S/C28H32N4O2/c1-21-26(22(2)32(29-21)25-12-8-5-9-13-25)20-30(3)28(34)24-16-18-31(19-17-24)27(33)15-14-23-10-6-4-7-11-23/h4-15,24H,16-20H2,1-3H3/b15-14+. The fourth-order valence-electron chi connectivity index (χ4n) is 4.54. The predicted octanol–water partition coefficient (Wildman–Crippen LogP) is 4.40. The maximum Gasteiger partial charge on any atom is 0.246 e. The molecule has 2 heterocycles. The van der Waals surface area contributed by atoms with Crippen LogP contribution in [0, 0.1) is 19.8 Å². The molecule has 0 bridgehead atoms. The fraction of sp³-hybridized carbons (Fsp3) is 0.321. The van der Waals surface area contributed by atoms with Crippen LogP contribution >= 0.6 is 0 Å². The van der Waals surface area contributed by atoms with Crippen molar-refractivity contribution in [3.63, 3.8) is 0 Å². The molecule has 0 N–H and O–H groups in total. The number of carbonyl (C=O) groups is 2. The van der Waals surface area contributed by atoms with Gasteiger partial charge in [-0.2, -0.15) is 5.10 Å². The lowest BCUT2D eigenvalue weighted by atomic mass is 9.95. The molecule has 176 valence electrons. The van der Waals surface area contributed by atoms with E-state index in [1.807, 2.05) is 102 Å². The summed E-state index contributed by atoms with van der Waals surface area (Å²) >= 11 is 0. The van der Waals surface area contributed by atoms with Crippen LogP contribution < -0.4 is 0 Å². The van der Waals surface area contributed by atoms with Crippen LogP contribution in [0.5, 0.6) is 0 Å². The van der Waals surface area contributed by atoms with Gasteiger partial charge in [0.2, 0.25) is 11.8 Å². The van der Waals surface area contributed by atoms with Crippen LogP contribution in [0.15, 0.2) is 66.7 Å². The Morgan fingerprint density at radius 1 is 1.00 bits per heavy atom. The zero-order valence-electron chi connectivity index (χ0n) is 20.1. The number of carbonyl (C=O) groups excluding carboxylic acids is 2. The quantitative estimate of drug-likeness (QED) is 0.517. The average Bonchev–Trinajstić information content (AvgIpc) is 3.16. The number of para-hydroxylation sites is 1. The topological polar surface area (TPSA) is 58.4 Å². The van der Waals surface area contributed by atoms with E-state index in [1.165, 1.54) is 0 Å². The molecule has 1 saturated heterocycles. The van der Waals surface area contributed by atoms with Crippen LogP contribution in [0.1, 0.15) is 35.4 Å². The summed E-state index contributed by atoms with van der Waals surface area (Å²) in [7, 11) is 1.86. The van der Waals surface area contributed by atoms with E-state index in [1.54, 1.807) is 6.08 Å². The average molecular weight is 457 g/mol. The summed E-state index contributed by atoms with van der Waals surface area (Å²) in [5.41, 5.74) is 5.09. The molecular formula is C28H32N4O2. The lowest BCUT2D eigenvalue weighted by Crippen LogP contribution is -2.42. The minimum Gasteiger partial charge on any atom is -0.341 e. The molecule has 0 aliphatic carbocycles. The maximum absolute atomic E-state index is 13.2. The van der Waals surface area contributed by atoms with Crippen molar-refractivity contribution in [2.24, 2.45) is 5.92 Å². The molecule has 0 saturated carbocycles. The van der Waals surface area contributed by atoms with Gasteiger partial charge in [-0.05, 0) is 50.5 Å². The van der Waals surface area contributed by atoms with Gasteiger partial charge < -0.3 is 9.80 Å². The Bertz CT molecular complexity index is 1160. The summed E-state index contributed by atoms with van der Waals surface area (Å²) in [6.45, 7) is 5.78. The van der Waals surface area contributed by atoms with Gasteiger partial charge in [0, 0.05) is 49.9 Å². The first-order valence-corrected chi connectivity index (χ1v) is 11.8. The van der Waals surface area contributed by atoms with Crippen molar-refractivity contribution in [1.29, 1.82) is 0 Å². The van der Waals surface area contributed by atoms with Crippen molar-refractivity contribution >= 4 is 17.9 Å². The van der Waals surface area contributed by atoms with Gasteiger partial charge >= 0.3 is 0 Å². The number of hydrogen-bond donors (Lipinski definition) is 0. The van der Waals surface area contributed by atoms with Crippen molar-refractivity contribution in [3.8, 4) is 5.69 Å². The molecule has 0 atom stereocenters. The van der Waals surface area contributed by atoms with Crippen LogP contribution in [0.25, 0.3) is 11.8 Å². The number of piperidine rings is 1. The lowest BCUT2D eigenvalue weighted by Gasteiger charge is -2.32. The normalized spacial score (nSPS) is 14.5. The van der Waals surface area contributed by atoms with Gasteiger partial charge in [-0.3, -0.25) is 9.59 Å². The highest BCUT2D eigenvalue weighted by Crippen LogP contribution is 2.23. The Labute approximate surface area is 201 Å². The first-order chi connectivity index (χ1) is 16.4.